The van der Waals surface area contributed by atoms with Crippen LogP contribution in [0.2, 0.25) is 0 Å². The maximum atomic E-state index is 14.1. The van der Waals surface area contributed by atoms with Crippen LogP contribution < -0.4 is 5.73 Å². The van der Waals surface area contributed by atoms with Crippen molar-refractivity contribution in [3.8, 4) is 0 Å². The van der Waals surface area contributed by atoms with E-state index in [1.54, 1.807) is 41.5 Å². The van der Waals surface area contributed by atoms with E-state index < -0.39 is 126 Å². The van der Waals surface area contributed by atoms with Gasteiger partial charge in [-0.15, -0.1) is 0 Å². The van der Waals surface area contributed by atoms with Crippen LogP contribution in [0.3, 0.4) is 0 Å². The Morgan fingerprint density at radius 1 is 0.918 bits per heavy atom. The van der Waals surface area contributed by atoms with Gasteiger partial charge in [-0.25, -0.2) is 0 Å². The van der Waals surface area contributed by atoms with Crippen LogP contribution in [-0.2, 0) is 47.6 Å². The highest BCUT2D eigenvalue weighted by Gasteiger charge is 2.53. The molecule has 0 aromatic rings. The largest absolute Gasteiger partial charge is 0.481 e. The lowest BCUT2D eigenvalue weighted by Gasteiger charge is -2.49. The molecule has 3 fully saturated rings. The average molecular weight is 881 g/mol. The molecule has 61 heavy (non-hydrogen) atoms. The van der Waals surface area contributed by atoms with E-state index in [1.165, 1.54) is 27.9 Å². The van der Waals surface area contributed by atoms with E-state index in [-0.39, 0.29) is 44.2 Å². The van der Waals surface area contributed by atoms with Gasteiger partial charge in [-0.1, -0.05) is 27.7 Å². The predicted octanol–water partition coefficient (Wildman–Crippen LogP) is 1.05. The van der Waals surface area contributed by atoms with Crippen molar-refractivity contribution in [1.29, 1.82) is 0 Å². The van der Waals surface area contributed by atoms with Gasteiger partial charge in [-0.05, 0) is 81.3 Å². The van der Waals surface area contributed by atoms with E-state index in [2.05, 4.69) is 0 Å². The Bertz CT molecular complexity index is 1450. The number of nitrogens with two attached hydrogens (primary N) is 1. The average Bonchev–Trinajstić information content (AvgIpc) is 3.17. The van der Waals surface area contributed by atoms with Gasteiger partial charge in [0.15, 0.2) is 12.6 Å². The summed E-state index contributed by atoms with van der Waals surface area (Å²) in [5.74, 6) is -7.17. The van der Waals surface area contributed by atoms with Gasteiger partial charge >= 0.3 is 17.9 Å². The molecule has 3 rings (SSSR count). The Morgan fingerprint density at radius 3 is 2.02 bits per heavy atom. The van der Waals surface area contributed by atoms with Crippen LogP contribution in [0, 0.1) is 23.7 Å². The highest BCUT2D eigenvalue weighted by atomic mass is 16.7. The predicted molar refractivity (Wildman–Crippen MR) is 219 cm³/mol. The molecular weight excluding hydrogens is 804 g/mol. The number of likely N-dealkylation sites (N-methyl/N-ethyl adjacent to an activating group) is 1. The molecule has 3 saturated heterocycles. The Morgan fingerprint density at radius 2 is 1.51 bits per heavy atom. The highest BCUT2D eigenvalue weighted by Crippen LogP contribution is 2.40. The first kappa shape index (κ1) is 54.7. The lowest BCUT2D eigenvalue weighted by molar-refractivity contribution is -0.318. The molecule has 0 bridgehead atoms. The summed E-state index contributed by atoms with van der Waals surface area (Å²) < 4.78 is 37.1. The summed E-state index contributed by atoms with van der Waals surface area (Å²) in [5.41, 5.74) is 0.163. The molecule has 19 atom stereocenters. The standard InChI is InChI=1S/C37H67NO13.C5H9NO4/c1-14-25-37(10,45)30(41)20(4)27(39)18(2)16-35(8,44)32(51-34-28(40)24(38(11)12)15-19(3)47-34)21(5)29(22(6)33(43)49-25)50-26-17-36(9,46-13)31(42)23(7)48-26;6-3(5(9)10)1-2-4(7)8/h18-26,28-32,34,40-42,44-45H,14-17H2,1-13H3;3H,1-2,6H2,(H,7,8)(H,9,10)/t18-,19-,20+,21-,22-,23+,24+,25-,26+,28-,29+,30+,31+,32-,34+,35-,36-,37-;3-/m10/s1. The van der Waals surface area contributed by atoms with E-state index in [0.717, 1.165) is 0 Å². The number of hydrogen-bond acceptors (Lipinski definition) is 17. The van der Waals surface area contributed by atoms with Gasteiger partial charge in [0.25, 0.3) is 0 Å². The number of aliphatic hydroxyl groups excluding tert-OH is 3. The summed E-state index contributed by atoms with van der Waals surface area (Å²) in [6, 6.07) is -1.38. The van der Waals surface area contributed by atoms with Crippen molar-refractivity contribution >= 4 is 23.7 Å². The summed E-state index contributed by atoms with van der Waals surface area (Å²) in [6.07, 6.45) is -9.93. The number of carbonyl (C=O) groups excluding carboxylic acids is 2. The number of ketones is 1. The zero-order valence-electron chi connectivity index (χ0n) is 38.2. The van der Waals surface area contributed by atoms with Gasteiger partial charge in [-0.3, -0.25) is 19.2 Å². The lowest BCUT2D eigenvalue weighted by atomic mass is 9.74. The van der Waals surface area contributed by atoms with E-state index in [0.29, 0.717) is 6.42 Å². The van der Waals surface area contributed by atoms with Gasteiger partial charge < -0.3 is 74.8 Å². The molecule has 0 radical (unpaired) electrons. The molecule has 0 aromatic carbocycles. The van der Waals surface area contributed by atoms with Crippen LogP contribution in [0.25, 0.3) is 0 Å². The van der Waals surface area contributed by atoms with Crippen LogP contribution >= 0.6 is 0 Å². The van der Waals surface area contributed by atoms with E-state index in [1.807, 2.05) is 25.9 Å². The van der Waals surface area contributed by atoms with Gasteiger partial charge in [0.05, 0.1) is 47.6 Å². The second kappa shape index (κ2) is 22.5. The minimum Gasteiger partial charge on any atom is -0.481 e. The molecule has 19 heteroatoms. The fraction of sp³-hybridized carbons (Fsp3) is 0.905. The fourth-order valence-electron chi connectivity index (χ4n) is 8.81. The van der Waals surface area contributed by atoms with Crippen molar-refractivity contribution in [2.45, 2.75) is 198 Å². The maximum Gasteiger partial charge on any atom is 0.320 e. The number of carboxylic acids is 2. The molecule has 356 valence electrons. The van der Waals surface area contributed by atoms with E-state index >= 15 is 0 Å². The van der Waals surface area contributed by atoms with Crippen molar-refractivity contribution in [3.05, 3.63) is 0 Å². The SMILES string of the molecule is CC[C@H]1OC(=O)[C@H](C)[C@@H](O[C@H]2C[C@@](C)(OC)[C@@H](O)[C@H](C)O2)[C@@H](C)[C@@H](O[C@@H]2O[C@H](C)C[C@H](N(C)C)[C@H]2O)[C@](C)(O)C[C@@H](C)C(=O)[C@H](C)[C@H](O)[C@]1(C)O.N[C@@H](CCC(=O)O)C(=O)O. The number of carbonyl (C=O) groups is 4. The number of Topliss-reactive ketones (excluding diaryl/α,β-unsaturated/α-hetero) is 1. The molecule has 19 nitrogen and oxygen atoms in total. The number of aliphatic hydroxyl groups is 5. The maximum absolute atomic E-state index is 14.1. The Hall–Kier alpha value is -2.40. The molecule has 3 aliphatic rings. The van der Waals surface area contributed by atoms with E-state index in [4.69, 9.17) is 44.4 Å². The number of cyclic esters (lactones) is 1. The van der Waals surface area contributed by atoms with Gasteiger partial charge in [0.1, 0.15) is 35.7 Å². The smallest absolute Gasteiger partial charge is 0.320 e. The quantitative estimate of drug-likeness (QED) is 0.135. The normalized spacial score (nSPS) is 43.6. The molecule has 9 N–H and O–H groups in total. The summed E-state index contributed by atoms with van der Waals surface area (Å²) in [7, 11) is 5.18. The summed E-state index contributed by atoms with van der Waals surface area (Å²) in [5, 5.41) is 73.9. The van der Waals surface area contributed by atoms with Crippen LogP contribution in [0.1, 0.15) is 108 Å². The second-order valence-electron chi connectivity index (χ2n) is 18.3. The second-order valence-corrected chi connectivity index (χ2v) is 18.3. The van der Waals surface area contributed by atoms with E-state index in [9.17, 15) is 44.7 Å². The van der Waals surface area contributed by atoms with Crippen molar-refractivity contribution in [2.75, 3.05) is 21.2 Å². The molecule has 0 amide bonds. The van der Waals surface area contributed by atoms with Crippen molar-refractivity contribution in [1.82, 2.24) is 4.90 Å². The van der Waals surface area contributed by atoms with Crippen molar-refractivity contribution in [2.24, 2.45) is 29.4 Å². The Balaban J connectivity index is 0.00000113. The van der Waals surface area contributed by atoms with Crippen molar-refractivity contribution in [3.63, 3.8) is 0 Å². The number of rotatable bonds is 11. The summed E-state index contributed by atoms with van der Waals surface area (Å²) in [6.45, 7) is 16.3. The zero-order chi connectivity index (χ0) is 47.1. The zero-order valence-corrected chi connectivity index (χ0v) is 38.2. The first-order valence-electron chi connectivity index (χ1n) is 21.2. The van der Waals surface area contributed by atoms with Gasteiger partial charge in [0, 0.05) is 43.7 Å². The van der Waals surface area contributed by atoms with Crippen molar-refractivity contribution < 1.29 is 83.3 Å². The van der Waals surface area contributed by atoms with Crippen LogP contribution in [0.4, 0.5) is 0 Å². The highest BCUT2D eigenvalue weighted by molar-refractivity contribution is 5.83. The third kappa shape index (κ3) is 13.8. The summed E-state index contributed by atoms with van der Waals surface area (Å²) in [4.78, 5) is 49.6. The molecule has 0 unspecified atom stereocenters. The Kier molecular flexibility index (Phi) is 20.2. The number of esters is 1. The topological polar surface area (TPSA) is 295 Å². The van der Waals surface area contributed by atoms with Crippen LogP contribution in [-0.4, -0.2) is 176 Å². The minimum absolute atomic E-state index is 0.0231. The number of ether oxygens (including phenoxy) is 6. The number of nitrogens with zero attached hydrogens (tertiary/aromatic N) is 1. The third-order valence-corrected chi connectivity index (χ3v) is 12.8. The molecule has 3 heterocycles. The molecule has 0 aromatic heterocycles. The number of carboxylic acid groups (broad SMARTS) is 2. The molecule has 3 aliphatic heterocycles. The molecule has 0 saturated carbocycles. The summed E-state index contributed by atoms with van der Waals surface area (Å²) >= 11 is 0. The molecule has 0 spiro atoms. The Labute approximate surface area is 360 Å². The number of hydrogen-bond donors (Lipinski definition) is 8. The number of methoxy groups -OCH3 is 1. The number of aliphatic carboxylic acids is 2. The lowest BCUT2D eigenvalue weighted by Crippen LogP contribution is -2.61. The molecular formula is C42H76N2O17. The first-order valence-corrected chi connectivity index (χ1v) is 21.2. The van der Waals surface area contributed by atoms with Gasteiger partial charge in [-0.2, -0.15) is 0 Å². The minimum atomic E-state index is -1.99. The fourth-order valence-corrected chi connectivity index (χ4v) is 8.81. The van der Waals surface area contributed by atoms with Crippen LogP contribution in [0.5, 0.6) is 0 Å². The first-order chi connectivity index (χ1) is 28.0. The van der Waals surface area contributed by atoms with Gasteiger partial charge in [0.2, 0.25) is 0 Å². The molecule has 0 aliphatic carbocycles. The monoisotopic (exact) mass is 881 g/mol. The van der Waals surface area contributed by atoms with Crippen LogP contribution in [0.15, 0.2) is 0 Å². The third-order valence-electron chi connectivity index (χ3n) is 12.8.